The van der Waals surface area contributed by atoms with Crippen molar-refractivity contribution >= 4 is 11.5 Å². The summed E-state index contributed by atoms with van der Waals surface area (Å²) in [5, 5.41) is 0. The second-order valence-electron chi connectivity index (χ2n) is 5.65. The van der Waals surface area contributed by atoms with Crippen LogP contribution in [0.3, 0.4) is 0 Å². The summed E-state index contributed by atoms with van der Waals surface area (Å²) in [7, 11) is 0. The highest BCUT2D eigenvalue weighted by Crippen LogP contribution is 2.19. The second-order valence-corrected chi connectivity index (χ2v) is 5.65. The Balaban J connectivity index is 1.96. The predicted molar refractivity (Wildman–Crippen MR) is 85.9 cm³/mol. The molecule has 0 saturated carbocycles. The van der Waals surface area contributed by atoms with Crippen molar-refractivity contribution in [1.29, 1.82) is 0 Å². The maximum atomic E-state index is 12.4. The standard InChI is InChI=1S/C18H25NO2/c1-3-21-14-16-8-7-11-19(13-16)18(20)12-15(2)17-9-5-4-6-10-17/h4-6,9-10,12,16H,3,7-8,11,13-14H2,1-2H3/b15-12+. The first kappa shape index (κ1) is 15.8. The molecule has 3 heteroatoms. The fraction of sp³-hybridized carbons (Fsp3) is 0.500. The van der Waals surface area contributed by atoms with Crippen molar-refractivity contribution in [3.8, 4) is 0 Å². The summed E-state index contributed by atoms with van der Waals surface area (Å²) in [5.41, 5.74) is 2.13. The molecule has 1 fully saturated rings. The number of nitrogens with zero attached hydrogens (tertiary/aromatic N) is 1. The summed E-state index contributed by atoms with van der Waals surface area (Å²) < 4.78 is 5.50. The van der Waals surface area contributed by atoms with E-state index in [0.717, 1.165) is 50.3 Å². The monoisotopic (exact) mass is 287 g/mol. The highest BCUT2D eigenvalue weighted by Gasteiger charge is 2.22. The van der Waals surface area contributed by atoms with Gasteiger partial charge >= 0.3 is 0 Å². The highest BCUT2D eigenvalue weighted by atomic mass is 16.5. The van der Waals surface area contributed by atoms with Crippen molar-refractivity contribution in [2.75, 3.05) is 26.3 Å². The van der Waals surface area contributed by atoms with Gasteiger partial charge in [0.05, 0.1) is 6.61 Å². The Morgan fingerprint density at radius 3 is 2.86 bits per heavy atom. The summed E-state index contributed by atoms with van der Waals surface area (Å²) in [5.74, 6) is 0.602. The van der Waals surface area contributed by atoms with E-state index in [1.807, 2.05) is 49.1 Å². The van der Waals surface area contributed by atoms with Crippen LogP contribution in [0, 0.1) is 5.92 Å². The number of benzene rings is 1. The number of likely N-dealkylation sites (tertiary alicyclic amines) is 1. The molecule has 1 aromatic carbocycles. The maximum Gasteiger partial charge on any atom is 0.246 e. The number of carbonyl (C=O) groups is 1. The number of allylic oxidation sites excluding steroid dienone is 1. The molecular weight excluding hydrogens is 262 g/mol. The van der Waals surface area contributed by atoms with Gasteiger partial charge in [0, 0.05) is 25.8 Å². The minimum Gasteiger partial charge on any atom is -0.381 e. The van der Waals surface area contributed by atoms with Crippen LogP contribution in [0.4, 0.5) is 0 Å². The van der Waals surface area contributed by atoms with Gasteiger partial charge in [-0.1, -0.05) is 30.3 Å². The van der Waals surface area contributed by atoms with Crippen LogP contribution in [0.1, 0.15) is 32.3 Å². The van der Waals surface area contributed by atoms with Crippen molar-refractivity contribution in [3.05, 3.63) is 42.0 Å². The van der Waals surface area contributed by atoms with Crippen LogP contribution in [0.15, 0.2) is 36.4 Å². The fourth-order valence-corrected chi connectivity index (χ4v) is 2.75. The van der Waals surface area contributed by atoms with Crippen molar-refractivity contribution in [2.45, 2.75) is 26.7 Å². The third-order valence-corrected chi connectivity index (χ3v) is 3.96. The summed E-state index contributed by atoms with van der Waals surface area (Å²) >= 11 is 0. The molecule has 1 amide bonds. The third kappa shape index (κ3) is 4.71. The van der Waals surface area contributed by atoms with E-state index in [0.29, 0.717) is 5.92 Å². The summed E-state index contributed by atoms with van der Waals surface area (Å²) in [6.07, 6.45) is 3.99. The lowest BCUT2D eigenvalue weighted by molar-refractivity contribution is -0.128. The molecule has 0 N–H and O–H groups in total. The number of hydrogen-bond donors (Lipinski definition) is 0. The Morgan fingerprint density at radius 1 is 1.38 bits per heavy atom. The van der Waals surface area contributed by atoms with Gasteiger partial charge in [0.2, 0.25) is 5.91 Å². The Bertz CT molecular complexity index is 481. The van der Waals surface area contributed by atoms with Crippen LogP contribution in [0.25, 0.3) is 5.57 Å². The van der Waals surface area contributed by atoms with E-state index >= 15 is 0 Å². The van der Waals surface area contributed by atoms with Crippen molar-refractivity contribution < 1.29 is 9.53 Å². The number of hydrogen-bond acceptors (Lipinski definition) is 2. The van der Waals surface area contributed by atoms with Gasteiger partial charge in [-0.2, -0.15) is 0 Å². The van der Waals surface area contributed by atoms with Crippen LogP contribution in [0.2, 0.25) is 0 Å². The van der Waals surface area contributed by atoms with Gasteiger partial charge in [-0.3, -0.25) is 4.79 Å². The molecule has 0 spiro atoms. The smallest absolute Gasteiger partial charge is 0.246 e. The highest BCUT2D eigenvalue weighted by molar-refractivity contribution is 5.94. The first-order valence-electron chi connectivity index (χ1n) is 7.81. The number of rotatable bonds is 5. The lowest BCUT2D eigenvalue weighted by atomic mass is 9.98. The molecule has 3 nitrogen and oxygen atoms in total. The van der Waals surface area contributed by atoms with Gasteiger partial charge < -0.3 is 9.64 Å². The average Bonchev–Trinajstić information content (AvgIpc) is 2.54. The lowest BCUT2D eigenvalue weighted by Crippen LogP contribution is -2.40. The minimum absolute atomic E-state index is 0.123. The Labute approximate surface area is 127 Å². The normalized spacial score (nSPS) is 19.6. The minimum atomic E-state index is 0.123. The first-order chi connectivity index (χ1) is 10.2. The summed E-state index contributed by atoms with van der Waals surface area (Å²) in [4.78, 5) is 14.4. The summed E-state index contributed by atoms with van der Waals surface area (Å²) in [6, 6.07) is 10.0. The van der Waals surface area contributed by atoms with Crippen molar-refractivity contribution in [3.63, 3.8) is 0 Å². The van der Waals surface area contributed by atoms with E-state index in [4.69, 9.17) is 4.74 Å². The van der Waals surface area contributed by atoms with Gasteiger partial charge in [0.15, 0.2) is 0 Å². The molecule has 21 heavy (non-hydrogen) atoms. The van der Waals surface area contributed by atoms with Crippen LogP contribution in [-0.2, 0) is 9.53 Å². The van der Waals surface area contributed by atoms with E-state index in [1.54, 1.807) is 6.08 Å². The molecule has 0 radical (unpaired) electrons. The van der Waals surface area contributed by atoms with Gasteiger partial charge in [-0.05, 0) is 43.7 Å². The molecule has 114 valence electrons. The number of amides is 1. The maximum absolute atomic E-state index is 12.4. The molecule has 1 aliphatic heterocycles. The molecular formula is C18H25NO2. The molecule has 1 saturated heterocycles. The number of ether oxygens (including phenoxy) is 1. The first-order valence-corrected chi connectivity index (χ1v) is 7.81. The van der Waals surface area contributed by atoms with Crippen molar-refractivity contribution in [2.24, 2.45) is 5.92 Å². The predicted octanol–water partition coefficient (Wildman–Crippen LogP) is 3.37. The zero-order chi connectivity index (χ0) is 15.1. The van der Waals surface area contributed by atoms with E-state index in [9.17, 15) is 4.79 Å². The zero-order valence-corrected chi connectivity index (χ0v) is 13.0. The van der Waals surface area contributed by atoms with Gasteiger partial charge in [-0.15, -0.1) is 0 Å². The van der Waals surface area contributed by atoms with Crippen LogP contribution in [0.5, 0.6) is 0 Å². The molecule has 1 unspecified atom stereocenters. The van der Waals surface area contributed by atoms with E-state index < -0.39 is 0 Å². The molecule has 1 aromatic rings. The number of carbonyl (C=O) groups excluding carboxylic acids is 1. The SMILES string of the molecule is CCOCC1CCCN(C(=O)/C=C(\C)c2ccccc2)C1. The van der Waals surface area contributed by atoms with Crippen LogP contribution < -0.4 is 0 Å². The van der Waals surface area contributed by atoms with E-state index in [1.165, 1.54) is 0 Å². The number of piperidine rings is 1. The quantitative estimate of drug-likeness (QED) is 0.777. The Kier molecular flexibility index (Phi) is 6.00. The molecule has 2 rings (SSSR count). The topological polar surface area (TPSA) is 29.5 Å². The van der Waals surface area contributed by atoms with Gasteiger partial charge in [0.25, 0.3) is 0 Å². The molecule has 1 aliphatic rings. The van der Waals surface area contributed by atoms with E-state index in [2.05, 4.69) is 0 Å². The van der Waals surface area contributed by atoms with Gasteiger partial charge in [0.1, 0.15) is 0 Å². The van der Waals surface area contributed by atoms with Gasteiger partial charge in [-0.25, -0.2) is 0 Å². The fourth-order valence-electron chi connectivity index (χ4n) is 2.75. The Hall–Kier alpha value is -1.61. The van der Waals surface area contributed by atoms with Crippen LogP contribution in [-0.4, -0.2) is 37.1 Å². The zero-order valence-electron chi connectivity index (χ0n) is 13.0. The third-order valence-electron chi connectivity index (χ3n) is 3.96. The molecule has 0 aliphatic carbocycles. The van der Waals surface area contributed by atoms with E-state index in [-0.39, 0.29) is 5.91 Å². The Morgan fingerprint density at radius 2 is 2.14 bits per heavy atom. The van der Waals surface area contributed by atoms with Crippen molar-refractivity contribution in [1.82, 2.24) is 4.90 Å². The molecule has 0 aromatic heterocycles. The second kappa shape index (κ2) is 7.99. The van der Waals surface area contributed by atoms with Crippen LogP contribution >= 0.6 is 0 Å². The lowest BCUT2D eigenvalue weighted by Gasteiger charge is -2.32. The molecule has 0 bridgehead atoms. The largest absolute Gasteiger partial charge is 0.381 e. The molecule has 1 heterocycles. The molecule has 1 atom stereocenters. The average molecular weight is 287 g/mol. The summed E-state index contributed by atoms with van der Waals surface area (Å²) in [6.45, 7) is 7.20.